The second kappa shape index (κ2) is 8.58. The monoisotopic (exact) mass is 466 g/mol. The van der Waals surface area contributed by atoms with Crippen LogP contribution in [0.1, 0.15) is 51.7 Å². The van der Waals surface area contributed by atoms with Gasteiger partial charge in [0.1, 0.15) is 11.6 Å². The molecule has 34 heavy (non-hydrogen) atoms. The van der Waals surface area contributed by atoms with Crippen molar-refractivity contribution < 1.29 is 23.2 Å². The molecule has 8 heteroatoms. The molecule has 2 heterocycles. The third-order valence-corrected chi connectivity index (χ3v) is 7.37. The number of amides is 2. The second-order valence-corrected chi connectivity index (χ2v) is 10.6. The minimum absolute atomic E-state index is 0.245. The number of nitrogens with zero attached hydrogens (tertiary/aromatic N) is 1. The maximum absolute atomic E-state index is 15.1. The predicted molar refractivity (Wildman–Crippen MR) is 130 cm³/mol. The highest BCUT2D eigenvalue weighted by Gasteiger charge is 2.52. The molecule has 2 amide bonds. The van der Waals surface area contributed by atoms with Crippen LogP contribution in [0.25, 0.3) is 0 Å². The smallest absolute Gasteiger partial charge is 0.493 e. The van der Waals surface area contributed by atoms with Crippen LogP contribution < -0.4 is 20.4 Å². The molecule has 1 N–H and O–H groups in total. The average Bonchev–Trinajstić information content (AvgIpc) is 3.48. The molecule has 2 aliphatic heterocycles. The zero-order chi connectivity index (χ0) is 24.1. The van der Waals surface area contributed by atoms with E-state index in [2.05, 4.69) is 5.32 Å². The van der Waals surface area contributed by atoms with Gasteiger partial charge in [0.25, 0.3) is 0 Å². The van der Waals surface area contributed by atoms with E-state index in [9.17, 15) is 4.79 Å². The first-order valence-corrected chi connectivity index (χ1v) is 12.1. The van der Waals surface area contributed by atoms with Gasteiger partial charge in [0.05, 0.1) is 23.5 Å². The fourth-order valence-corrected chi connectivity index (χ4v) is 4.31. The lowest BCUT2D eigenvalue weighted by atomic mass is 9.77. The molecule has 1 saturated carbocycles. The van der Waals surface area contributed by atoms with E-state index in [4.69, 9.17) is 14.0 Å². The molecule has 0 atom stereocenters. The Kier molecular flexibility index (Phi) is 5.85. The zero-order valence-corrected chi connectivity index (χ0v) is 20.3. The number of ether oxygens (including phenoxy) is 1. The highest BCUT2D eigenvalue weighted by atomic mass is 19.1. The number of carbonyl (C=O) groups is 1. The maximum atomic E-state index is 15.1. The Hall–Kier alpha value is -2.58. The number of nitrogens with one attached hydrogen (secondary N) is 1. The van der Waals surface area contributed by atoms with Crippen molar-refractivity contribution in [3.63, 3.8) is 0 Å². The molecule has 2 fully saturated rings. The third-order valence-electron chi connectivity index (χ3n) is 7.37. The highest BCUT2D eigenvalue weighted by molar-refractivity contribution is 6.62. The average molecular weight is 466 g/mol. The van der Waals surface area contributed by atoms with Crippen LogP contribution in [0.3, 0.4) is 0 Å². The summed E-state index contributed by atoms with van der Waals surface area (Å²) in [5.41, 5.74) is 1.75. The summed E-state index contributed by atoms with van der Waals surface area (Å²) in [6, 6.07) is 10.7. The lowest BCUT2D eigenvalue weighted by Gasteiger charge is -2.32. The van der Waals surface area contributed by atoms with E-state index < -0.39 is 24.1 Å². The summed E-state index contributed by atoms with van der Waals surface area (Å²) in [5.74, 6) is 1.07. The summed E-state index contributed by atoms with van der Waals surface area (Å²) in [4.78, 5) is 14.5. The van der Waals surface area contributed by atoms with Crippen molar-refractivity contribution in [3.8, 4) is 5.75 Å². The Morgan fingerprint density at radius 1 is 1.18 bits per heavy atom. The molecule has 5 rings (SSSR count). The van der Waals surface area contributed by atoms with E-state index >= 15 is 4.39 Å². The van der Waals surface area contributed by atoms with E-state index in [1.165, 1.54) is 18.9 Å². The van der Waals surface area contributed by atoms with Gasteiger partial charge in [-0.3, -0.25) is 4.90 Å². The summed E-state index contributed by atoms with van der Waals surface area (Å²) in [5, 5.41) is 2.96. The summed E-state index contributed by atoms with van der Waals surface area (Å²) in [6.07, 6.45) is 3.14. The number of rotatable bonds is 6. The topological polar surface area (TPSA) is 60.0 Å². The van der Waals surface area contributed by atoms with E-state index in [1.807, 2.05) is 52.0 Å². The second-order valence-electron chi connectivity index (χ2n) is 10.6. The number of carbonyl (C=O) groups excluding carboxylic acids is 1. The largest absolute Gasteiger partial charge is 0.497 e. The normalized spacial score (nSPS) is 20.4. The van der Waals surface area contributed by atoms with Gasteiger partial charge in [-0.25, -0.2) is 9.18 Å². The van der Waals surface area contributed by atoms with Gasteiger partial charge >= 0.3 is 13.1 Å². The number of benzene rings is 2. The van der Waals surface area contributed by atoms with E-state index in [-0.39, 0.29) is 6.03 Å². The molecule has 180 valence electrons. The minimum atomic E-state index is -0.771. The molecule has 0 unspecified atom stereocenters. The molecule has 0 bridgehead atoms. The standard InChI is InChI=1S/C26H32BFN2O4/c1-25(2)26(3,4)34-27(33-25)21-13-19-10-11-30(23(19)14-22(21)28)24(31)29-15-18-6-5-7-20(12-18)32-16-17-8-9-17/h5-7,12-14,17H,8-11,15-16H2,1-4H3,(H,29,31). The van der Waals surface area contributed by atoms with Crippen LogP contribution in [0, 0.1) is 11.7 Å². The fraction of sp³-hybridized carbons (Fsp3) is 0.500. The van der Waals surface area contributed by atoms with Crippen LogP contribution in [0.2, 0.25) is 0 Å². The first-order chi connectivity index (χ1) is 16.1. The van der Waals surface area contributed by atoms with Gasteiger partial charge in [-0.2, -0.15) is 0 Å². The Balaban J connectivity index is 1.24. The number of halogens is 1. The van der Waals surface area contributed by atoms with Crippen molar-refractivity contribution in [2.24, 2.45) is 5.92 Å². The molecule has 1 saturated heterocycles. The van der Waals surface area contributed by atoms with Crippen LogP contribution in [-0.4, -0.2) is 37.5 Å². The van der Waals surface area contributed by atoms with Crippen LogP contribution in [-0.2, 0) is 22.3 Å². The molecule has 1 aliphatic carbocycles. The summed E-state index contributed by atoms with van der Waals surface area (Å²) in [6.45, 7) is 9.40. The van der Waals surface area contributed by atoms with Gasteiger partial charge in [-0.15, -0.1) is 0 Å². The molecule has 0 spiro atoms. The van der Waals surface area contributed by atoms with Crippen molar-refractivity contribution in [3.05, 3.63) is 53.3 Å². The molecular formula is C26H32BFN2O4. The molecular weight excluding hydrogens is 434 g/mol. The molecule has 2 aromatic carbocycles. The summed E-state index contributed by atoms with van der Waals surface area (Å²) >= 11 is 0. The number of hydrogen-bond donors (Lipinski definition) is 1. The third kappa shape index (κ3) is 4.53. The molecule has 0 aromatic heterocycles. The summed E-state index contributed by atoms with van der Waals surface area (Å²) < 4.78 is 33.0. The van der Waals surface area contributed by atoms with E-state index in [1.54, 1.807) is 11.0 Å². The lowest BCUT2D eigenvalue weighted by molar-refractivity contribution is 0.00578. The van der Waals surface area contributed by atoms with Crippen molar-refractivity contribution in [2.75, 3.05) is 18.1 Å². The van der Waals surface area contributed by atoms with Gasteiger partial charge in [0.2, 0.25) is 0 Å². The first kappa shape index (κ1) is 23.2. The van der Waals surface area contributed by atoms with Gasteiger partial charge in [-0.05, 0) is 82.2 Å². The summed E-state index contributed by atoms with van der Waals surface area (Å²) in [7, 11) is -0.771. The molecule has 0 radical (unpaired) electrons. The zero-order valence-electron chi connectivity index (χ0n) is 20.3. The van der Waals surface area contributed by atoms with Crippen molar-refractivity contribution in [2.45, 2.75) is 64.7 Å². The first-order valence-electron chi connectivity index (χ1n) is 12.1. The number of anilines is 1. The number of fused-ring (bicyclic) bond motifs is 1. The molecule has 3 aliphatic rings. The number of hydrogen-bond acceptors (Lipinski definition) is 4. The van der Waals surface area contributed by atoms with Gasteiger partial charge in [-0.1, -0.05) is 18.2 Å². The van der Waals surface area contributed by atoms with Crippen molar-refractivity contribution >= 4 is 24.3 Å². The van der Waals surface area contributed by atoms with Gasteiger partial charge in [0, 0.05) is 18.6 Å². The van der Waals surface area contributed by atoms with Gasteiger partial charge in [0.15, 0.2) is 0 Å². The minimum Gasteiger partial charge on any atom is -0.493 e. The lowest BCUT2D eigenvalue weighted by Crippen LogP contribution is -2.41. The molecule has 2 aromatic rings. The van der Waals surface area contributed by atoms with Crippen molar-refractivity contribution in [1.29, 1.82) is 0 Å². The highest BCUT2D eigenvalue weighted by Crippen LogP contribution is 2.37. The van der Waals surface area contributed by atoms with Crippen molar-refractivity contribution in [1.82, 2.24) is 5.32 Å². The Labute approximate surface area is 200 Å². The predicted octanol–water partition coefficient (Wildman–Crippen LogP) is 4.19. The quantitative estimate of drug-likeness (QED) is 0.649. The van der Waals surface area contributed by atoms with E-state index in [0.29, 0.717) is 36.6 Å². The Morgan fingerprint density at radius 2 is 1.91 bits per heavy atom. The van der Waals surface area contributed by atoms with Gasteiger partial charge < -0.3 is 19.4 Å². The van der Waals surface area contributed by atoms with Crippen LogP contribution >= 0.6 is 0 Å². The van der Waals surface area contributed by atoms with E-state index in [0.717, 1.165) is 23.5 Å². The maximum Gasteiger partial charge on any atom is 0.497 e. The van der Waals surface area contributed by atoms with Crippen LogP contribution in [0.5, 0.6) is 5.75 Å². The fourth-order valence-electron chi connectivity index (χ4n) is 4.31. The number of urea groups is 1. The Morgan fingerprint density at radius 3 is 2.62 bits per heavy atom. The van der Waals surface area contributed by atoms with Crippen LogP contribution in [0.4, 0.5) is 14.9 Å². The van der Waals surface area contributed by atoms with Crippen LogP contribution in [0.15, 0.2) is 36.4 Å². The SMILES string of the molecule is CC1(C)OB(c2cc3c(cc2F)N(C(=O)NCc2cccc(OCC4CC4)c2)CC3)OC1(C)C. The Bertz CT molecular complexity index is 1090. The molecule has 6 nitrogen and oxygen atoms in total.